The van der Waals surface area contributed by atoms with Crippen LogP contribution < -0.4 is 4.74 Å². The maximum Gasteiger partial charge on any atom is 0.264 e. The third-order valence-corrected chi connectivity index (χ3v) is 5.14. The molecule has 0 unspecified atom stereocenters. The van der Waals surface area contributed by atoms with E-state index >= 15 is 0 Å². The zero-order valence-electron chi connectivity index (χ0n) is 14.5. The highest BCUT2D eigenvalue weighted by Gasteiger charge is 2.18. The van der Waals surface area contributed by atoms with Gasteiger partial charge in [0.25, 0.3) is 5.22 Å². The number of hydrogen-bond donors (Lipinski definition) is 1. The molecular formula is C20H18N2O3S. The van der Waals surface area contributed by atoms with E-state index in [1.807, 2.05) is 55.6 Å². The molecule has 0 aliphatic rings. The van der Waals surface area contributed by atoms with E-state index in [1.165, 1.54) is 0 Å². The second kappa shape index (κ2) is 6.88. The van der Waals surface area contributed by atoms with Crippen molar-refractivity contribution >= 4 is 38.9 Å². The first-order valence-corrected chi connectivity index (χ1v) is 9.17. The van der Waals surface area contributed by atoms with Gasteiger partial charge in [0.1, 0.15) is 11.3 Å². The fraction of sp³-hybridized carbons (Fsp3) is 0.200. The van der Waals surface area contributed by atoms with Crippen LogP contribution in [0.15, 0.2) is 58.3 Å². The summed E-state index contributed by atoms with van der Waals surface area (Å²) in [6.07, 6.45) is 2.36. The van der Waals surface area contributed by atoms with Crippen LogP contribution in [-0.4, -0.2) is 22.2 Å². The first-order chi connectivity index (χ1) is 12.6. The quantitative estimate of drug-likeness (QED) is 0.496. The first kappa shape index (κ1) is 16.7. The lowest BCUT2D eigenvalue weighted by molar-refractivity contribution is -0.111. The van der Waals surface area contributed by atoms with Crippen molar-refractivity contribution in [1.29, 1.82) is 0 Å². The Morgan fingerprint density at radius 3 is 2.96 bits per heavy atom. The molecule has 0 saturated heterocycles. The fourth-order valence-electron chi connectivity index (χ4n) is 3.05. The predicted octanol–water partition coefficient (Wildman–Crippen LogP) is 5.13. The van der Waals surface area contributed by atoms with Gasteiger partial charge in [0.2, 0.25) is 0 Å². The topological polar surface area (TPSA) is 68.1 Å². The molecule has 0 bridgehead atoms. The average Bonchev–Trinajstić information content (AvgIpc) is 3.23. The van der Waals surface area contributed by atoms with Crippen LogP contribution in [0.5, 0.6) is 5.75 Å². The highest BCUT2D eigenvalue weighted by molar-refractivity contribution is 8.13. The monoisotopic (exact) mass is 366 g/mol. The van der Waals surface area contributed by atoms with Crippen LogP contribution in [0.3, 0.4) is 0 Å². The van der Waals surface area contributed by atoms with E-state index in [9.17, 15) is 4.79 Å². The van der Waals surface area contributed by atoms with Crippen molar-refractivity contribution in [3.05, 3.63) is 54.2 Å². The minimum atomic E-state index is 0.0290. The molecule has 2 heterocycles. The maximum absolute atomic E-state index is 12.5. The highest BCUT2D eigenvalue weighted by Crippen LogP contribution is 2.33. The Labute approximate surface area is 154 Å². The largest absolute Gasteiger partial charge is 0.497 e. The number of hydrogen-bond acceptors (Lipinski definition) is 5. The summed E-state index contributed by atoms with van der Waals surface area (Å²) in [6.45, 7) is 2.05. The zero-order valence-corrected chi connectivity index (χ0v) is 15.3. The van der Waals surface area contributed by atoms with Crippen molar-refractivity contribution in [1.82, 2.24) is 9.97 Å². The number of aromatic nitrogens is 2. The highest BCUT2D eigenvalue weighted by atomic mass is 32.2. The number of H-pyrrole nitrogens is 1. The molecule has 5 nitrogen and oxygen atoms in total. The molecule has 0 aliphatic carbocycles. The predicted molar refractivity (Wildman–Crippen MR) is 103 cm³/mol. The van der Waals surface area contributed by atoms with Gasteiger partial charge in [0.15, 0.2) is 10.7 Å². The van der Waals surface area contributed by atoms with Gasteiger partial charge >= 0.3 is 0 Å². The second-order valence-corrected chi connectivity index (χ2v) is 7.19. The number of nitrogens with one attached hydrogen (secondary N) is 1. The summed E-state index contributed by atoms with van der Waals surface area (Å²) in [6, 6.07) is 13.4. The van der Waals surface area contributed by atoms with Crippen LogP contribution in [0.25, 0.3) is 22.0 Å². The smallest absolute Gasteiger partial charge is 0.264 e. The Hall–Kier alpha value is -2.73. The lowest BCUT2D eigenvalue weighted by Gasteiger charge is -2.09. The normalized spacial score (nSPS) is 12.5. The molecule has 0 saturated carbocycles. The molecule has 4 aromatic rings. The Balaban J connectivity index is 1.50. The average molecular weight is 366 g/mol. The standard InChI is InChI=1S/C20H18N2O3S/c1-12(15-11-21-16-8-7-13(24-2)10-14(15)16)9-19(23)26-20-22-17-5-3-4-6-18(17)25-20/h3-8,10-12,21H,9H2,1-2H3/t12-/m1/s1. The van der Waals surface area contributed by atoms with Crippen molar-refractivity contribution in [3.63, 3.8) is 0 Å². The van der Waals surface area contributed by atoms with Gasteiger partial charge in [-0.05, 0) is 41.8 Å². The number of rotatable bonds is 5. The van der Waals surface area contributed by atoms with Crippen molar-refractivity contribution in [2.45, 2.75) is 24.5 Å². The van der Waals surface area contributed by atoms with Crippen molar-refractivity contribution in [3.8, 4) is 5.75 Å². The number of para-hydroxylation sites is 2. The van der Waals surface area contributed by atoms with Crippen LogP contribution >= 0.6 is 11.8 Å². The summed E-state index contributed by atoms with van der Waals surface area (Å²) in [5.41, 5.74) is 3.59. The van der Waals surface area contributed by atoms with Gasteiger partial charge in [0, 0.05) is 35.3 Å². The van der Waals surface area contributed by atoms with Gasteiger partial charge in [-0.3, -0.25) is 4.79 Å². The maximum atomic E-state index is 12.5. The summed E-state index contributed by atoms with van der Waals surface area (Å²) in [5.74, 6) is 0.873. The molecule has 0 radical (unpaired) electrons. The third-order valence-electron chi connectivity index (χ3n) is 4.40. The molecular weight excluding hydrogens is 348 g/mol. The third kappa shape index (κ3) is 3.20. The van der Waals surface area contributed by atoms with Gasteiger partial charge in [-0.15, -0.1) is 0 Å². The molecule has 1 atom stereocenters. The minimum Gasteiger partial charge on any atom is -0.497 e. The SMILES string of the molecule is COc1ccc2[nH]cc([C@H](C)CC(=O)Sc3nc4ccccc4o3)c2c1. The molecule has 0 spiro atoms. The first-order valence-electron chi connectivity index (χ1n) is 8.35. The molecule has 0 fully saturated rings. The van der Waals surface area contributed by atoms with E-state index < -0.39 is 0 Å². The summed E-state index contributed by atoms with van der Waals surface area (Å²) in [4.78, 5) is 20.1. The van der Waals surface area contributed by atoms with Crippen molar-refractivity contribution in [2.24, 2.45) is 0 Å². The van der Waals surface area contributed by atoms with Crippen LogP contribution in [0.2, 0.25) is 0 Å². The van der Waals surface area contributed by atoms with E-state index in [4.69, 9.17) is 9.15 Å². The van der Waals surface area contributed by atoms with Crippen LogP contribution in [0.1, 0.15) is 24.8 Å². The molecule has 2 aromatic heterocycles. The van der Waals surface area contributed by atoms with Crippen LogP contribution in [0.4, 0.5) is 0 Å². The van der Waals surface area contributed by atoms with E-state index in [2.05, 4.69) is 9.97 Å². The molecule has 2 aromatic carbocycles. The van der Waals surface area contributed by atoms with Gasteiger partial charge in [-0.1, -0.05) is 19.1 Å². The second-order valence-electron chi connectivity index (χ2n) is 6.18. The number of carbonyl (C=O) groups excluding carboxylic acids is 1. The van der Waals surface area contributed by atoms with E-state index in [-0.39, 0.29) is 11.0 Å². The molecule has 0 aliphatic heterocycles. The molecule has 1 N–H and O–H groups in total. The Kier molecular flexibility index (Phi) is 4.42. The Bertz CT molecular complexity index is 1050. The number of ether oxygens (including phenoxy) is 1. The summed E-state index contributed by atoms with van der Waals surface area (Å²) in [7, 11) is 1.65. The lowest BCUT2D eigenvalue weighted by atomic mass is 9.98. The molecule has 4 rings (SSSR count). The number of nitrogens with zero attached hydrogens (tertiary/aromatic N) is 1. The van der Waals surface area contributed by atoms with Gasteiger partial charge in [-0.25, -0.2) is 4.98 Å². The number of carbonyl (C=O) groups is 1. The number of fused-ring (bicyclic) bond motifs is 2. The minimum absolute atomic E-state index is 0.0290. The van der Waals surface area contributed by atoms with Gasteiger partial charge in [0.05, 0.1) is 7.11 Å². The van der Waals surface area contributed by atoms with Crippen LogP contribution in [-0.2, 0) is 4.79 Å². The number of thioether (sulfide) groups is 1. The fourth-order valence-corrected chi connectivity index (χ4v) is 3.85. The number of oxazole rings is 1. The zero-order chi connectivity index (χ0) is 18.1. The lowest BCUT2D eigenvalue weighted by Crippen LogP contribution is -2.00. The van der Waals surface area contributed by atoms with E-state index in [0.29, 0.717) is 17.2 Å². The van der Waals surface area contributed by atoms with E-state index in [0.717, 1.165) is 39.5 Å². The number of benzene rings is 2. The van der Waals surface area contributed by atoms with Crippen molar-refractivity contribution < 1.29 is 13.9 Å². The Morgan fingerprint density at radius 1 is 1.31 bits per heavy atom. The summed E-state index contributed by atoms with van der Waals surface area (Å²) < 4.78 is 10.9. The molecule has 26 heavy (non-hydrogen) atoms. The number of methoxy groups -OCH3 is 1. The van der Waals surface area contributed by atoms with Crippen molar-refractivity contribution in [2.75, 3.05) is 7.11 Å². The van der Waals surface area contributed by atoms with Gasteiger partial charge in [-0.2, -0.15) is 0 Å². The van der Waals surface area contributed by atoms with Crippen LogP contribution in [0, 0.1) is 0 Å². The molecule has 0 amide bonds. The molecule has 6 heteroatoms. The molecule has 132 valence electrons. The Morgan fingerprint density at radius 2 is 2.15 bits per heavy atom. The van der Waals surface area contributed by atoms with E-state index in [1.54, 1.807) is 7.11 Å². The van der Waals surface area contributed by atoms with Gasteiger partial charge < -0.3 is 14.1 Å². The summed E-state index contributed by atoms with van der Waals surface area (Å²) >= 11 is 1.06. The summed E-state index contributed by atoms with van der Waals surface area (Å²) in [5, 5.41) is 1.50. The number of aromatic amines is 1.